The Balaban J connectivity index is 3.44. The predicted molar refractivity (Wildman–Crippen MR) is 143 cm³/mol. The van der Waals surface area contributed by atoms with Crippen LogP contribution in [0.15, 0.2) is 18.2 Å². The second kappa shape index (κ2) is 14.8. The number of aliphatic hydroxyl groups excluding tert-OH is 1. The van der Waals surface area contributed by atoms with Crippen LogP contribution in [0.5, 0.6) is 0 Å². The van der Waals surface area contributed by atoms with Crippen molar-refractivity contribution in [2.75, 3.05) is 19.7 Å². The molecule has 0 heterocycles. The Kier molecular flexibility index (Phi) is 12.9. The fraction of sp³-hybridized carbons (Fsp3) is 0.679. The number of alkyl carbamates (subject to hydrolysis) is 1. The van der Waals surface area contributed by atoms with Crippen LogP contribution in [0.4, 0.5) is 4.79 Å². The topological polar surface area (TPSA) is 108 Å². The van der Waals surface area contributed by atoms with Crippen molar-refractivity contribution in [1.29, 1.82) is 0 Å². The molecule has 3 amide bonds. The van der Waals surface area contributed by atoms with E-state index in [9.17, 15) is 19.5 Å². The van der Waals surface area contributed by atoms with E-state index in [2.05, 4.69) is 17.6 Å². The number of aryl methyl sites for hydroxylation is 2. The van der Waals surface area contributed by atoms with Crippen molar-refractivity contribution in [3.8, 4) is 0 Å². The molecule has 0 saturated carbocycles. The molecule has 0 aromatic heterocycles. The van der Waals surface area contributed by atoms with Crippen LogP contribution in [0.1, 0.15) is 90.0 Å². The monoisotopic (exact) mass is 505 g/mol. The zero-order valence-electron chi connectivity index (χ0n) is 23.4. The molecule has 8 heteroatoms. The molecule has 3 N–H and O–H groups in total. The Bertz CT molecular complexity index is 845. The number of aliphatic hydroxyl groups is 1. The van der Waals surface area contributed by atoms with Crippen molar-refractivity contribution in [2.45, 2.75) is 98.8 Å². The van der Waals surface area contributed by atoms with Gasteiger partial charge >= 0.3 is 6.09 Å². The van der Waals surface area contributed by atoms with Crippen LogP contribution in [0, 0.1) is 19.8 Å². The summed E-state index contributed by atoms with van der Waals surface area (Å²) >= 11 is 0. The maximum Gasteiger partial charge on any atom is 0.408 e. The van der Waals surface area contributed by atoms with Crippen LogP contribution in [0.3, 0.4) is 0 Å². The van der Waals surface area contributed by atoms with Crippen LogP contribution >= 0.6 is 0 Å². The molecule has 0 bridgehead atoms. The second-order valence-corrected chi connectivity index (χ2v) is 10.6. The van der Waals surface area contributed by atoms with E-state index in [0.29, 0.717) is 18.5 Å². The van der Waals surface area contributed by atoms with E-state index in [1.54, 1.807) is 20.8 Å². The first-order valence-electron chi connectivity index (χ1n) is 13.1. The van der Waals surface area contributed by atoms with Crippen molar-refractivity contribution in [3.05, 3.63) is 34.9 Å². The lowest BCUT2D eigenvalue weighted by molar-refractivity contribution is -0.144. The van der Waals surface area contributed by atoms with Crippen LogP contribution in [-0.4, -0.2) is 59.3 Å². The van der Waals surface area contributed by atoms with Gasteiger partial charge in [-0.3, -0.25) is 9.59 Å². The lowest BCUT2D eigenvalue weighted by atomic mass is 9.94. The van der Waals surface area contributed by atoms with Gasteiger partial charge in [0.25, 0.3) is 0 Å². The summed E-state index contributed by atoms with van der Waals surface area (Å²) in [7, 11) is 0. The zero-order valence-corrected chi connectivity index (χ0v) is 23.4. The molecule has 36 heavy (non-hydrogen) atoms. The molecule has 0 aliphatic heterocycles. The normalized spacial score (nSPS) is 13.9. The number of amides is 3. The molecule has 0 fully saturated rings. The highest BCUT2D eigenvalue weighted by Crippen LogP contribution is 2.26. The molecule has 0 aliphatic carbocycles. The zero-order chi connectivity index (χ0) is 27.5. The van der Waals surface area contributed by atoms with Gasteiger partial charge in [0.2, 0.25) is 11.8 Å². The van der Waals surface area contributed by atoms with Crippen molar-refractivity contribution >= 4 is 17.9 Å². The van der Waals surface area contributed by atoms with E-state index in [1.165, 1.54) is 4.90 Å². The highest BCUT2D eigenvalue weighted by atomic mass is 16.6. The SMILES string of the molecule is CCCCCNC(=O)C(c1cc(C)cc(C)c1)N(CCO)C(=O)C(NC(=O)OC(C)(C)C)C(C)CC. The Morgan fingerprint density at radius 2 is 1.67 bits per heavy atom. The van der Waals surface area contributed by atoms with Gasteiger partial charge in [-0.25, -0.2) is 4.79 Å². The number of nitrogens with zero attached hydrogens (tertiary/aromatic N) is 1. The van der Waals surface area contributed by atoms with Gasteiger partial charge in [0.1, 0.15) is 17.7 Å². The molecule has 0 aliphatic rings. The molecular formula is C28H47N3O5. The van der Waals surface area contributed by atoms with Crippen LogP contribution in [0.2, 0.25) is 0 Å². The lowest BCUT2D eigenvalue weighted by Gasteiger charge is -2.36. The van der Waals surface area contributed by atoms with Gasteiger partial charge in [0.05, 0.1) is 6.61 Å². The molecule has 3 unspecified atom stereocenters. The highest BCUT2D eigenvalue weighted by Gasteiger charge is 2.38. The maximum atomic E-state index is 14.0. The van der Waals surface area contributed by atoms with Crippen molar-refractivity contribution in [2.24, 2.45) is 5.92 Å². The van der Waals surface area contributed by atoms with E-state index in [0.717, 1.165) is 30.4 Å². The van der Waals surface area contributed by atoms with Gasteiger partial charge in [-0.1, -0.05) is 69.4 Å². The first-order valence-corrected chi connectivity index (χ1v) is 13.1. The first-order chi connectivity index (χ1) is 16.8. The molecule has 0 saturated heterocycles. The van der Waals surface area contributed by atoms with Crippen molar-refractivity contribution in [3.63, 3.8) is 0 Å². The lowest BCUT2D eigenvalue weighted by Crippen LogP contribution is -2.55. The first kappa shape index (κ1) is 31.4. The Labute approximate surface area is 217 Å². The fourth-order valence-electron chi connectivity index (χ4n) is 4.09. The number of carbonyl (C=O) groups excluding carboxylic acids is 3. The van der Waals surface area contributed by atoms with E-state index in [-0.39, 0.29) is 25.0 Å². The van der Waals surface area contributed by atoms with Crippen molar-refractivity contribution < 1.29 is 24.2 Å². The Morgan fingerprint density at radius 3 is 2.17 bits per heavy atom. The maximum absolute atomic E-state index is 14.0. The molecular weight excluding hydrogens is 458 g/mol. The van der Waals surface area contributed by atoms with Crippen LogP contribution in [0.25, 0.3) is 0 Å². The quantitative estimate of drug-likeness (QED) is 0.344. The van der Waals surface area contributed by atoms with E-state index in [1.807, 2.05) is 45.9 Å². The number of rotatable bonds is 13. The van der Waals surface area contributed by atoms with Gasteiger partial charge in [-0.2, -0.15) is 0 Å². The van der Waals surface area contributed by atoms with Crippen LogP contribution < -0.4 is 10.6 Å². The summed E-state index contributed by atoms with van der Waals surface area (Å²) in [4.78, 5) is 41.5. The second-order valence-electron chi connectivity index (χ2n) is 10.6. The third-order valence-corrected chi connectivity index (χ3v) is 5.97. The summed E-state index contributed by atoms with van der Waals surface area (Å²) in [5.74, 6) is -0.964. The summed E-state index contributed by atoms with van der Waals surface area (Å²) in [6, 6.07) is 3.92. The van der Waals surface area contributed by atoms with Gasteiger partial charge in [0, 0.05) is 13.1 Å². The number of carbonyl (C=O) groups is 3. The molecule has 3 atom stereocenters. The largest absolute Gasteiger partial charge is 0.444 e. The van der Waals surface area contributed by atoms with Gasteiger partial charge in [-0.15, -0.1) is 0 Å². The molecule has 204 valence electrons. The molecule has 1 aromatic rings. The number of unbranched alkanes of at least 4 members (excludes halogenated alkanes) is 2. The van der Waals surface area contributed by atoms with E-state index >= 15 is 0 Å². The Morgan fingerprint density at radius 1 is 1.06 bits per heavy atom. The van der Waals surface area contributed by atoms with E-state index < -0.39 is 29.7 Å². The molecule has 1 rings (SSSR count). The summed E-state index contributed by atoms with van der Waals surface area (Å²) in [6.45, 7) is 15.2. The van der Waals surface area contributed by atoms with E-state index in [4.69, 9.17) is 4.74 Å². The number of ether oxygens (including phenoxy) is 1. The summed E-state index contributed by atoms with van der Waals surface area (Å²) in [6.07, 6.45) is 2.78. The minimum atomic E-state index is -0.947. The highest BCUT2D eigenvalue weighted by molar-refractivity contribution is 5.92. The number of benzene rings is 1. The standard InChI is InChI=1S/C28H47N3O5/c1-9-11-12-13-29-25(33)24(22-17-19(3)16-20(4)18-22)31(14-15-32)26(34)23(21(5)10-2)30-27(35)36-28(6,7)8/h16-18,21,23-24,32H,9-15H2,1-8H3,(H,29,33)(H,30,35). The van der Waals surface area contributed by atoms with Gasteiger partial charge in [-0.05, 0) is 52.5 Å². The third kappa shape index (κ3) is 10.2. The van der Waals surface area contributed by atoms with Gasteiger partial charge in [0.15, 0.2) is 0 Å². The molecule has 0 spiro atoms. The minimum Gasteiger partial charge on any atom is -0.444 e. The summed E-state index contributed by atoms with van der Waals surface area (Å²) in [5.41, 5.74) is 1.88. The number of hydrogen-bond donors (Lipinski definition) is 3. The number of hydrogen-bond acceptors (Lipinski definition) is 5. The van der Waals surface area contributed by atoms with Gasteiger partial charge < -0.3 is 25.4 Å². The van der Waals surface area contributed by atoms with Crippen molar-refractivity contribution in [1.82, 2.24) is 15.5 Å². The fourth-order valence-corrected chi connectivity index (χ4v) is 4.09. The molecule has 1 aromatic carbocycles. The smallest absolute Gasteiger partial charge is 0.408 e. The summed E-state index contributed by atoms with van der Waals surface area (Å²) in [5, 5.41) is 15.6. The minimum absolute atomic E-state index is 0.0538. The average Bonchev–Trinajstić information content (AvgIpc) is 2.77. The summed E-state index contributed by atoms with van der Waals surface area (Å²) < 4.78 is 5.40. The third-order valence-electron chi connectivity index (χ3n) is 5.97. The predicted octanol–water partition coefficient (Wildman–Crippen LogP) is 4.41. The Hall–Kier alpha value is -2.61. The molecule has 0 radical (unpaired) electrons. The molecule has 8 nitrogen and oxygen atoms in total. The number of nitrogens with one attached hydrogen (secondary N) is 2. The average molecular weight is 506 g/mol. The van der Waals surface area contributed by atoms with Crippen LogP contribution in [-0.2, 0) is 14.3 Å².